The van der Waals surface area contributed by atoms with Crippen LogP contribution < -0.4 is 0 Å². The van der Waals surface area contributed by atoms with Gasteiger partial charge in [-0.15, -0.1) is 0 Å². The molecule has 0 amide bonds. The van der Waals surface area contributed by atoms with Crippen LogP contribution in [0.15, 0.2) is 12.1 Å². The molecule has 2 fully saturated rings. The smallest absolute Gasteiger partial charge is 0.351 e. The van der Waals surface area contributed by atoms with E-state index in [1.165, 1.54) is 6.07 Å². The van der Waals surface area contributed by atoms with Crippen molar-refractivity contribution in [3.63, 3.8) is 0 Å². The Balaban J connectivity index is 2.07. The predicted octanol–water partition coefficient (Wildman–Crippen LogP) is 5.26. The molecular formula is C22H28INO6. The summed E-state index contributed by atoms with van der Waals surface area (Å²) in [6.07, 6.45) is 0.0419. The maximum atomic E-state index is 13.5. The minimum Gasteiger partial charge on any atom is -0.454 e. The zero-order chi connectivity index (χ0) is 22.9. The van der Waals surface area contributed by atoms with Gasteiger partial charge < -0.3 is 9.47 Å². The standard InChI is InChI=1S/C22H28INO6/c1-12-10-13(15(24(27)28)11-14(12)23)16(19(2,3)4)29-18(26)22-9-8-21(7,17(25)30-22)20(22,5)6/h10-11,16H,8-9H2,1-7H3/t16-,21+,22-/m1/s1. The molecule has 1 saturated heterocycles. The summed E-state index contributed by atoms with van der Waals surface area (Å²) < 4.78 is 12.4. The highest BCUT2D eigenvalue weighted by atomic mass is 127. The maximum absolute atomic E-state index is 13.5. The summed E-state index contributed by atoms with van der Waals surface area (Å²) >= 11 is 2.05. The zero-order valence-corrected chi connectivity index (χ0v) is 20.6. The van der Waals surface area contributed by atoms with E-state index in [4.69, 9.17) is 9.47 Å². The summed E-state index contributed by atoms with van der Waals surface area (Å²) in [6.45, 7) is 13.0. The Hall–Kier alpha value is -1.71. The molecule has 0 spiro atoms. The molecule has 7 nitrogen and oxygen atoms in total. The second-order valence-electron chi connectivity index (χ2n) is 10.2. The number of hydrogen-bond donors (Lipinski definition) is 0. The molecule has 164 valence electrons. The van der Waals surface area contributed by atoms with Crippen LogP contribution in [0.4, 0.5) is 5.69 Å². The molecule has 1 saturated carbocycles. The van der Waals surface area contributed by atoms with E-state index in [1.54, 1.807) is 6.07 Å². The van der Waals surface area contributed by atoms with Gasteiger partial charge in [-0.3, -0.25) is 14.9 Å². The van der Waals surface area contributed by atoms with Crippen LogP contribution in [0.3, 0.4) is 0 Å². The Labute approximate surface area is 190 Å². The Morgan fingerprint density at radius 2 is 1.87 bits per heavy atom. The van der Waals surface area contributed by atoms with Gasteiger partial charge in [-0.05, 0) is 60.9 Å². The first-order valence-corrected chi connectivity index (χ1v) is 11.1. The number of aryl methyl sites for hydroxylation is 1. The van der Waals surface area contributed by atoms with Crippen LogP contribution >= 0.6 is 22.6 Å². The number of halogens is 1. The number of carbonyl (C=O) groups is 2. The van der Waals surface area contributed by atoms with Gasteiger partial charge in [0, 0.05) is 20.5 Å². The maximum Gasteiger partial charge on any atom is 0.351 e. The first-order valence-electron chi connectivity index (χ1n) is 9.97. The van der Waals surface area contributed by atoms with Crippen molar-refractivity contribution < 1.29 is 24.0 Å². The van der Waals surface area contributed by atoms with Gasteiger partial charge in [-0.2, -0.15) is 0 Å². The van der Waals surface area contributed by atoms with Crippen molar-refractivity contribution in [2.24, 2.45) is 16.2 Å². The number of benzene rings is 1. The van der Waals surface area contributed by atoms with Crippen LogP contribution in [0.5, 0.6) is 0 Å². The fraction of sp³-hybridized carbons (Fsp3) is 0.636. The molecule has 1 aliphatic carbocycles. The largest absolute Gasteiger partial charge is 0.454 e. The number of esters is 2. The van der Waals surface area contributed by atoms with Gasteiger partial charge in [0.1, 0.15) is 6.10 Å². The Kier molecular flexibility index (Phi) is 5.28. The summed E-state index contributed by atoms with van der Waals surface area (Å²) in [5.74, 6) is -1.02. The van der Waals surface area contributed by atoms with Gasteiger partial charge in [-0.1, -0.05) is 34.6 Å². The third-order valence-electron chi connectivity index (χ3n) is 7.21. The zero-order valence-electron chi connectivity index (χ0n) is 18.4. The van der Waals surface area contributed by atoms with E-state index in [-0.39, 0.29) is 11.7 Å². The summed E-state index contributed by atoms with van der Waals surface area (Å²) in [7, 11) is 0. The molecule has 30 heavy (non-hydrogen) atoms. The first-order chi connectivity index (χ1) is 13.6. The number of rotatable bonds is 4. The van der Waals surface area contributed by atoms with Gasteiger partial charge in [-0.25, -0.2) is 4.79 Å². The van der Waals surface area contributed by atoms with Crippen molar-refractivity contribution in [1.29, 1.82) is 0 Å². The van der Waals surface area contributed by atoms with Crippen LogP contribution in [-0.4, -0.2) is 22.5 Å². The van der Waals surface area contributed by atoms with E-state index in [0.29, 0.717) is 18.4 Å². The van der Waals surface area contributed by atoms with Crippen molar-refractivity contribution in [1.82, 2.24) is 0 Å². The number of nitro benzene ring substituents is 1. The van der Waals surface area contributed by atoms with Crippen molar-refractivity contribution in [2.75, 3.05) is 0 Å². The number of ether oxygens (including phenoxy) is 2. The first kappa shape index (κ1) is 23.0. The van der Waals surface area contributed by atoms with Crippen LogP contribution in [0.25, 0.3) is 0 Å². The van der Waals surface area contributed by atoms with Crippen LogP contribution in [-0.2, 0) is 19.1 Å². The molecule has 2 aliphatic rings. The topological polar surface area (TPSA) is 95.7 Å². The number of hydrogen-bond acceptors (Lipinski definition) is 6. The molecule has 3 rings (SSSR count). The highest BCUT2D eigenvalue weighted by molar-refractivity contribution is 14.1. The van der Waals surface area contributed by atoms with Crippen LogP contribution in [0, 0.1) is 36.9 Å². The van der Waals surface area contributed by atoms with Crippen molar-refractivity contribution >= 4 is 40.2 Å². The summed E-state index contributed by atoms with van der Waals surface area (Å²) in [4.78, 5) is 37.4. The van der Waals surface area contributed by atoms with Gasteiger partial charge >= 0.3 is 11.9 Å². The fourth-order valence-corrected chi connectivity index (χ4v) is 5.12. The minimum atomic E-state index is -1.38. The highest BCUT2D eigenvalue weighted by Crippen LogP contribution is 2.66. The number of carbonyl (C=O) groups excluding carboxylic acids is 2. The van der Waals surface area contributed by atoms with E-state index < -0.39 is 38.8 Å². The lowest BCUT2D eigenvalue weighted by Crippen LogP contribution is -2.49. The second-order valence-corrected chi connectivity index (χ2v) is 11.4. The molecule has 1 aromatic rings. The normalized spacial score (nSPS) is 28.2. The molecule has 2 bridgehead atoms. The molecular weight excluding hydrogens is 501 g/mol. The van der Waals surface area contributed by atoms with E-state index in [9.17, 15) is 19.7 Å². The quantitative estimate of drug-likeness (QED) is 0.229. The second kappa shape index (κ2) is 6.90. The van der Waals surface area contributed by atoms with Crippen molar-refractivity contribution in [3.05, 3.63) is 36.9 Å². The predicted molar refractivity (Wildman–Crippen MR) is 119 cm³/mol. The van der Waals surface area contributed by atoms with E-state index in [0.717, 1.165) is 9.13 Å². The summed E-state index contributed by atoms with van der Waals surface area (Å²) in [6, 6.07) is 3.22. The molecule has 3 atom stereocenters. The lowest BCUT2D eigenvalue weighted by molar-refractivity contribution is -0.386. The van der Waals surface area contributed by atoms with E-state index in [1.807, 2.05) is 48.5 Å². The van der Waals surface area contributed by atoms with Gasteiger partial charge in [0.05, 0.1) is 15.9 Å². The van der Waals surface area contributed by atoms with Crippen molar-refractivity contribution in [3.8, 4) is 0 Å². The average Bonchev–Trinajstić information content (AvgIpc) is 2.90. The SMILES string of the molecule is Cc1cc([C@@H](OC(=O)[C@@]23CC[C@@](C)(C(=O)O2)C3(C)C)C(C)(C)C)c([N+](=O)[O-])cc1I. The molecule has 0 unspecified atom stereocenters. The van der Waals surface area contributed by atoms with Crippen LogP contribution in [0.2, 0.25) is 0 Å². The summed E-state index contributed by atoms with van der Waals surface area (Å²) in [5.41, 5.74) is -2.38. The lowest BCUT2D eigenvalue weighted by Gasteiger charge is -2.38. The van der Waals surface area contributed by atoms with E-state index >= 15 is 0 Å². The van der Waals surface area contributed by atoms with Crippen molar-refractivity contribution in [2.45, 2.75) is 73.0 Å². The van der Waals surface area contributed by atoms with Crippen LogP contribution in [0.1, 0.15) is 71.6 Å². The highest BCUT2D eigenvalue weighted by Gasteiger charge is 2.76. The van der Waals surface area contributed by atoms with Gasteiger partial charge in [0.25, 0.3) is 5.69 Å². The Morgan fingerprint density at radius 1 is 1.27 bits per heavy atom. The number of nitrogens with zero attached hydrogens (tertiary/aromatic N) is 1. The Bertz CT molecular complexity index is 950. The summed E-state index contributed by atoms with van der Waals surface area (Å²) in [5, 5.41) is 11.8. The fourth-order valence-electron chi connectivity index (χ4n) is 4.67. The lowest BCUT2D eigenvalue weighted by atomic mass is 9.66. The molecule has 1 heterocycles. The third kappa shape index (κ3) is 3.05. The molecule has 0 aromatic heterocycles. The minimum absolute atomic E-state index is 0.0887. The third-order valence-corrected chi connectivity index (χ3v) is 8.37. The molecule has 1 aliphatic heterocycles. The Morgan fingerprint density at radius 3 is 2.30 bits per heavy atom. The number of fused-ring (bicyclic) bond motifs is 2. The molecule has 0 N–H and O–H groups in total. The van der Waals surface area contributed by atoms with E-state index in [2.05, 4.69) is 22.6 Å². The molecule has 0 radical (unpaired) electrons. The number of nitro groups is 1. The molecule has 1 aromatic carbocycles. The van der Waals surface area contributed by atoms with Gasteiger partial charge in [0.15, 0.2) is 0 Å². The van der Waals surface area contributed by atoms with Gasteiger partial charge in [0.2, 0.25) is 5.60 Å². The monoisotopic (exact) mass is 529 g/mol. The average molecular weight is 529 g/mol. The molecule has 8 heteroatoms.